The van der Waals surface area contributed by atoms with Crippen LogP contribution in [-0.2, 0) is 0 Å². The summed E-state index contributed by atoms with van der Waals surface area (Å²) in [5, 5.41) is 14.4. The number of nitrogens with one attached hydrogen (secondary N) is 1. The van der Waals surface area contributed by atoms with E-state index in [0.717, 1.165) is 6.07 Å². The molecule has 0 aliphatic rings. The summed E-state index contributed by atoms with van der Waals surface area (Å²) in [6, 6.07) is 13.9. The molecule has 4 nitrogen and oxygen atoms in total. The van der Waals surface area contributed by atoms with Gasteiger partial charge in [-0.05, 0) is 47.9 Å². The van der Waals surface area contributed by atoms with E-state index in [1.54, 1.807) is 31.2 Å². The summed E-state index contributed by atoms with van der Waals surface area (Å²) < 4.78 is 40.5. The number of nitro groups is 1. The maximum absolute atomic E-state index is 13.6. The molecular weight excluding hydrogens is 369 g/mol. The first-order valence-electron chi connectivity index (χ1n) is 8.55. The number of benzene rings is 3. The Morgan fingerprint density at radius 2 is 1.46 bits per heavy atom. The number of nitrogens with zero attached hydrogens (tertiary/aromatic N) is 1. The highest BCUT2D eigenvalue weighted by atomic mass is 19.1. The van der Waals surface area contributed by atoms with Crippen molar-refractivity contribution in [2.75, 3.05) is 0 Å². The van der Waals surface area contributed by atoms with Crippen LogP contribution in [0.5, 0.6) is 0 Å². The second-order valence-corrected chi connectivity index (χ2v) is 6.43. The standard InChI is InChI=1S/C21H17F3N2O2/c1-13(16-9-18(23)12-19(24)10-16)25-21(14-5-7-17(22)8-6-14)15-3-2-4-20(11-15)26(27)28/h2-13,21,25H,1H3/t13-,21?/m1/s1. The molecule has 0 spiro atoms. The lowest BCUT2D eigenvalue weighted by Gasteiger charge is -2.25. The lowest BCUT2D eigenvalue weighted by atomic mass is 9.96. The average molecular weight is 386 g/mol. The van der Waals surface area contributed by atoms with Crippen LogP contribution in [0.2, 0.25) is 0 Å². The third-order valence-corrected chi connectivity index (χ3v) is 4.42. The number of non-ortho nitro benzene ring substituents is 1. The Hall–Kier alpha value is -3.19. The van der Waals surface area contributed by atoms with Crippen LogP contribution in [0.4, 0.5) is 18.9 Å². The van der Waals surface area contributed by atoms with Crippen LogP contribution in [-0.4, -0.2) is 4.92 Å². The average Bonchev–Trinajstić information content (AvgIpc) is 2.66. The van der Waals surface area contributed by atoms with E-state index in [-0.39, 0.29) is 5.69 Å². The topological polar surface area (TPSA) is 55.2 Å². The third-order valence-electron chi connectivity index (χ3n) is 4.42. The van der Waals surface area contributed by atoms with Gasteiger partial charge in [0.15, 0.2) is 0 Å². The number of halogens is 3. The number of hydrogen-bond acceptors (Lipinski definition) is 3. The minimum atomic E-state index is -0.697. The minimum absolute atomic E-state index is 0.0872. The highest BCUT2D eigenvalue weighted by Crippen LogP contribution is 2.29. The number of hydrogen-bond donors (Lipinski definition) is 1. The molecule has 0 heterocycles. The van der Waals surface area contributed by atoms with E-state index in [1.807, 2.05) is 0 Å². The van der Waals surface area contributed by atoms with Crippen molar-refractivity contribution < 1.29 is 18.1 Å². The highest BCUT2D eigenvalue weighted by molar-refractivity contribution is 5.40. The van der Waals surface area contributed by atoms with E-state index in [1.165, 1.54) is 36.4 Å². The molecule has 2 atom stereocenters. The van der Waals surface area contributed by atoms with Gasteiger partial charge in [-0.25, -0.2) is 13.2 Å². The fourth-order valence-electron chi connectivity index (χ4n) is 3.03. The summed E-state index contributed by atoms with van der Waals surface area (Å²) in [7, 11) is 0. The van der Waals surface area contributed by atoms with Crippen molar-refractivity contribution in [2.45, 2.75) is 19.0 Å². The van der Waals surface area contributed by atoms with Gasteiger partial charge in [-0.3, -0.25) is 15.4 Å². The summed E-state index contributed by atoms with van der Waals surface area (Å²) in [5.41, 5.74) is 1.53. The van der Waals surface area contributed by atoms with E-state index in [9.17, 15) is 23.3 Å². The van der Waals surface area contributed by atoms with E-state index in [0.29, 0.717) is 16.7 Å². The Labute approximate surface area is 159 Å². The molecule has 0 saturated carbocycles. The van der Waals surface area contributed by atoms with E-state index < -0.39 is 34.5 Å². The SMILES string of the molecule is C[C@@H](NC(c1ccc(F)cc1)c1cccc([N+](=O)[O-])c1)c1cc(F)cc(F)c1. The van der Waals surface area contributed by atoms with Gasteiger partial charge in [0.2, 0.25) is 0 Å². The van der Waals surface area contributed by atoms with Gasteiger partial charge in [0.25, 0.3) is 5.69 Å². The zero-order valence-electron chi connectivity index (χ0n) is 14.9. The zero-order valence-corrected chi connectivity index (χ0v) is 14.9. The van der Waals surface area contributed by atoms with Crippen molar-refractivity contribution in [3.8, 4) is 0 Å². The van der Waals surface area contributed by atoms with E-state index in [4.69, 9.17) is 0 Å². The molecule has 0 fully saturated rings. The van der Waals surface area contributed by atoms with Crippen molar-refractivity contribution in [1.82, 2.24) is 5.32 Å². The summed E-state index contributed by atoms with van der Waals surface area (Å²) in [6.45, 7) is 1.72. The van der Waals surface area contributed by atoms with Crippen molar-refractivity contribution in [3.05, 3.63) is 111 Å². The van der Waals surface area contributed by atoms with Gasteiger partial charge in [0.1, 0.15) is 17.5 Å². The molecule has 0 aliphatic heterocycles. The third kappa shape index (κ3) is 4.55. The normalized spacial score (nSPS) is 13.1. The largest absolute Gasteiger partial charge is 0.300 e. The minimum Gasteiger partial charge on any atom is -0.300 e. The molecule has 28 heavy (non-hydrogen) atoms. The van der Waals surface area contributed by atoms with Gasteiger partial charge >= 0.3 is 0 Å². The maximum atomic E-state index is 13.6. The fraction of sp³-hybridized carbons (Fsp3) is 0.143. The van der Waals surface area contributed by atoms with Crippen LogP contribution in [0, 0.1) is 27.6 Å². The first kappa shape index (κ1) is 19.6. The molecule has 0 radical (unpaired) electrons. The van der Waals surface area contributed by atoms with Crippen LogP contribution < -0.4 is 5.32 Å². The first-order valence-corrected chi connectivity index (χ1v) is 8.55. The molecular formula is C21H17F3N2O2. The van der Waals surface area contributed by atoms with Crippen LogP contribution in [0.25, 0.3) is 0 Å². The van der Waals surface area contributed by atoms with Gasteiger partial charge in [-0.1, -0.05) is 24.3 Å². The van der Waals surface area contributed by atoms with Crippen LogP contribution in [0.15, 0.2) is 66.7 Å². The predicted octanol–water partition coefficient (Wildman–Crippen LogP) is 5.45. The molecule has 1 N–H and O–H groups in total. The van der Waals surface area contributed by atoms with Crippen molar-refractivity contribution >= 4 is 5.69 Å². The lowest BCUT2D eigenvalue weighted by molar-refractivity contribution is -0.384. The molecule has 3 rings (SSSR count). The number of nitro benzene ring substituents is 1. The Morgan fingerprint density at radius 3 is 2.07 bits per heavy atom. The van der Waals surface area contributed by atoms with Gasteiger partial charge < -0.3 is 0 Å². The van der Waals surface area contributed by atoms with Crippen molar-refractivity contribution in [1.29, 1.82) is 0 Å². The molecule has 0 aliphatic carbocycles. The molecule has 7 heteroatoms. The Balaban J connectivity index is 2.00. The molecule has 0 aromatic heterocycles. The predicted molar refractivity (Wildman–Crippen MR) is 99.2 cm³/mol. The fourth-order valence-corrected chi connectivity index (χ4v) is 3.03. The number of rotatable bonds is 6. The summed E-state index contributed by atoms with van der Waals surface area (Å²) in [5.74, 6) is -1.81. The van der Waals surface area contributed by atoms with Crippen molar-refractivity contribution in [3.63, 3.8) is 0 Å². The summed E-state index contributed by atoms with van der Waals surface area (Å²) in [6.07, 6.45) is 0. The quantitative estimate of drug-likeness (QED) is 0.453. The molecule has 144 valence electrons. The van der Waals surface area contributed by atoms with E-state index in [2.05, 4.69) is 5.32 Å². The van der Waals surface area contributed by atoms with Gasteiger partial charge in [0.05, 0.1) is 11.0 Å². The molecule has 0 saturated heterocycles. The van der Waals surface area contributed by atoms with E-state index >= 15 is 0 Å². The van der Waals surface area contributed by atoms with Crippen LogP contribution in [0.3, 0.4) is 0 Å². The smallest absolute Gasteiger partial charge is 0.269 e. The first-order chi connectivity index (χ1) is 13.3. The Morgan fingerprint density at radius 1 is 0.821 bits per heavy atom. The monoisotopic (exact) mass is 386 g/mol. The lowest BCUT2D eigenvalue weighted by Crippen LogP contribution is -2.26. The second-order valence-electron chi connectivity index (χ2n) is 6.43. The summed E-state index contributed by atoms with van der Waals surface area (Å²) >= 11 is 0. The second kappa shape index (κ2) is 8.22. The summed E-state index contributed by atoms with van der Waals surface area (Å²) in [4.78, 5) is 10.6. The van der Waals surface area contributed by atoms with Crippen molar-refractivity contribution in [2.24, 2.45) is 0 Å². The molecule has 1 unspecified atom stereocenters. The molecule has 0 amide bonds. The Kier molecular flexibility index (Phi) is 5.75. The zero-order chi connectivity index (χ0) is 20.3. The van der Waals surface area contributed by atoms with Gasteiger partial charge in [0, 0.05) is 24.2 Å². The molecule has 0 bridgehead atoms. The molecule has 3 aromatic rings. The van der Waals surface area contributed by atoms with Gasteiger partial charge in [-0.2, -0.15) is 0 Å². The van der Waals surface area contributed by atoms with Crippen LogP contribution in [0.1, 0.15) is 35.7 Å². The van der Waals surface area contributed by atoms with Gasteiger partial charge in [-0.15, -0.1) is 0 Å². The highest BCUT2D eigenvalue weighted by Gasteiger charge is 2.20. The van der Waals surface area contributed by atoms with Crippen LogP contribution >= 0.6 is 0 Å². The maximum Gasteiger partial charge on any atom is 0.269 e. The molecule has 3 aromatic carbocycles. The Bertz CT molecular complexity index is 973.